The first-order chi connectivity index (χ1) is 8.13. The first-order valence-corrected chi connectivity index (χ1v) is 5.65. The van der Waals surface area contributed by atoms with Crippen LogP contribution in [0.2, 0.25) is 5.15 Å². The van der Waals surface area contributed by atoms with Crippen molar-refractivity contribution in [1.82, 2.24) is 10.2 Å². The van der Waals surface area contributed by atoms with Crippen molar-refractivity contribution < 1.29 is 4.74 Å². The normalized spacial score (nSPS) is 10.4. The summed E-state index contributed by atoms with van der Waals surface area (Å²) in [4.78, 5) is 0. The Bertz CT molecular complexity index is 538. The number of aromatic nitrogens is 2. The first kappa shape index (κ1) is 11.9. The van der Waals surface area contributed by atoms with E-state index in [4.69, 9.17) is 16.3 Å². The summed E-state index contributed by atoms with van der Waals surface area (Å²) in [6.45, 7) is 4.08. The van der Waals surface area contributed by atoms with Crippen molar-refractivity contribution in [3.8, 4) is 17.0 Å². The molecule has 0 radical (unpaired) electrons. The quantitative estimate of drug-likeness (QED) is 0.817. The van der Waals surface area contributed by atoms with Crippen molar-refractivity contribution in [2.45, 2.75) is 13.8 Å². The van der Waals surface area contributed by atoms with Crippen LogP contribution < -0.4 is 4.74 Å². The summed E-state index contributed by atoms with van der Waals surface area (Å²) in [5, 5.41) is 8.29. The third-order valence-electron chi connectivity index (χ3n) is 2.79. The number of hydrogen-bond acceptors (Lipinski definition) is 3. The van der Waals surface area contributed by atoms with E-state index in [0.717, 1.165) is 22.6 Å². The van der Waals surface area contributed by atoms with Gasteiger partial charge in [0.2, 0.25) is 0 Å². The molecule has 88 valence electrons. The van der Waals surface area contributed by atoms with Gasteiger partial charge in [0, 0.05) is 5.56 Å². The van der Waals surface area contributed by atoms with E-state index in [9.17, 15) is 0 Å². The van der Waals surface area contributed by atoms with Crippen LogP contribution in [0, 0.1) is 13.8 Å². The molecule has 0 saturated carbocycles. The maximum atomic E-state index is 5.72. The summed E-state index contributed by atoms with van der Waals surface area (Å²) >= 11 is 5.72. The van der Waals surface area contributed by atoms with Gasteiger partial charge in [0.15, 0.2) is 5.15 Å². The molecular formula is C13H13ClN2O. The van der Waals surface area contributed by atoms with Crippen LogP contribution in [-0.2, 0) is 0 Å². The Kier molecular flexibility index (Phi) is 3.29. The van der Waals surface area contributed by atoms with Crippen molar-refractivity contribution in [1.29, 1.82) is 0 Å². The van der Waals surface area contributed by atoms with E-state index in [1.807, 2.05) is 25.1 Å². The summed E-state index contributed by atoms with van der Waals surface area (Å²) in [5.74, 6) is 0.835. The van der Waals surface area contributed by atoms with Crippen molar-refractivity contribution in [2.24, 2.45) is 0 Å². The van der Waals surface area contributed by atoms with Crippen LogP contribution >= 0.6 is 11.6 Å². The molecule has 0 fully saturated rings. The Hall–Kier alpha value is -1.61. The van der Waals surface area contributed by atoms with Crippen LogP contribution in [0.15, 0.2) is 24.3 Å². The minimum atomic E-state index is 0.386. The molecule has 17 heavy (non-hydrogen) atoms. The van der Waals surface area contributed by atoms with Gasteiger partial charge in [0.25, 0.3) is 0 Å². The Labute approximate surface area is 105 Å². The smallest absolute Gasteiger partial charge is 0.151 e. The van der Waals surface area contributed by atoms with Crippen molar-refractivity contribution in [2.75, 3.05) is 7.11 Å². The topological polar surface area (TPSA) is 35.0 Å². The Balaban J connectivity index is 2.59. The van der Waals surface area contributed by atoms with Gasteiger partial charge in [-0.2, -0.15) is 0 Å². The van der Waals surface area contributed by atoms with Crippen molar-refractivity contribution in [3.05, 3.63) is 40.5 Å². The lowest BCUT2D eigenvalue weighted by Gasteiger charge is -2.12. The summed E-state index contributed by atoms with van der Waals surface area (Å²) in [6.07, 6.45) is 0. The second kappa shape index (κ2) is 4.72. The molecule has 0 amide bonds. The zero-order valence-corrected chi connectivity index (χ0v) is 10.7. The molecule has 4 heteroatoms. The summed E-state index contributed by atoms with van der Waals surface area (Å²) in [5.41, 5.74) is 3.99. The lowest BCUT2D eigenvalue weighted by Crippen LogP contribution is -1.96. The monoisotopic (exact) mass is 248 g/mol. The number of benzene rings is 1. The minimum absolute atomic E-state index is 0.386. The van der Waals surface area contributed by atoms with E-state index in [0.29, 0.717) is 5.15 Å². The molecule has 3 nitrogen and oxygen atoms in total. The third-order valence-corrected chi connectivity index (χ3v) is 2.99. The Morgan fingerprint density at radius 2 is 1.82 bits per heavy atom. The standard InChI is InChI=1S/C13H13ClN2O/c1-8-4-5-10(13(17-3)9(8)2)11-6-7-12(14)16-15-11/h4-7H,1-3H3. The number of rotatable bonds is 2. The van der Waals surface area contributed by atoms with E-state index in [1.165, 1.54) is 5.56 Å². The number of halogens is 1. The van der Waals surface area contributed by atoms with Crippen LogP contribution in [0.1, 0.15) is 11.1 Å². The predicted octanol–water partition coefficient (Wildman–Crippen LogP) is 3.42. The number of aryl methyl sites for hydroxylation is 1. The van der Waals surface area contributed by atoms with E-state index in [2.05, 4.69) is 17.1 Å². The molecule has 0 aliphatic carbocycles. The number of nitrogens with zero attached hydrogens (tertiary/aromatic N) is 2. The molecule has 1 aromatic heterocycles. The fourth-order valence-electron chi connectivity index (χ4n) is 1.71. The first-order valence-electron chi connectivity index (χ1n) is 5.27. The fourth-order valence-corrected chi connectivity index (χ4v) is 1.82. The number of methoxy groups -OCH3 is 1. The minimum Gasteiger partial charge on any atom is -0.496 e. The summed E-state index contributed by atoms with van der Waals surface area (Å²) in [6, 6.07) is 7.59. The SMILES string of the molecule is COc1c(-c2ccc(Cl)nn2)ccc(C)c1C. The van der Waals surface area contributed by atoms with Gasteiger partial charge in [-0.1, -0.05) is 17.7 Å². The Morgan fingerprint density at radius 3 is 2.41 bits per heavy atom. The molecule has 1 heterocycles. The highest BCUT2D eigenvalue weighted by Crippen LogP contribution is 2.33. The zero-order chi connectivity index (χ0) is 12.4. The highest BCUT2D eigenvalue weighted by Gasteiger charge is 2.11. The van der Waals surface area contributed by atoms with Gasteiger partial charge in [-0.25, -0.2) is 0 Å². The largest absolute Gasteiger partial charge is 0.496 e. The highest BCUT2D eigenvalue weighted by atomic mass is 35.5. The summed E-state index contributed by atoms with van der Waals surface area (Å²) in [7, 11) is 1.66. The maximum Gasteiger partial charge on any atom is 0.151 e. The van der Waals surface area contributed by atoms with Gasteiger partial charge in [-0.3, -0.25) is 0 Å². The molecule has 2 rings (SSSR count). The average molecular weight is 249 g/mol. The summed E-state index contributed by atoms with van der Waals surface area (Å²) < 4.78 is 5.44. The molecule has 0 spiro atoms. The van der Waals surface area contributed by atoms with E-state index < -0.39 is 0 Å². The van der Waals surface area contributed by atoms with Gasteiger partial charge in [0.1, 0.15) is 5.75 Å². The molecule has 0 saturated heterocycles. The molecular weight excluding hydrogens is 236 g/mol. The fraction of sp³-hybridized carbons (Fsp3) is 0.231. The molecule has 0 N–H and O–H groups in total. The molecule has 0 aliphatic rings. The van der Waals surface area contributed by atoms with Crippen LogP contribution in [-0.4, -0.2) is 17.3 Å². The zero-order valence-electron chi connectivity index (χ0n) is 9.99. The predicted molar refractivity (Wildman–Crippen MR) is 68.5 cm³/mol. The number of ether oxygens (including phenoxy) is 1. The lowest BCUT2D eigenvalue weighted by atomic mass is 10.0. The molecule has 1 aromatic carbocycles. The Morgan fingerprint density at radius 1 is 1.06 bits per heavy atom. The van der Waals surface area contributed by atoms with E-state index in [1.54, 1.807) is 13.2 Å². The van der Waals surface area contributed by atoms with Crippen LogP contribution in [0.3, 0.4) is 0 Å². The molecule has 0 atom stereocenters. The van der Waals surface area contributed by atoms with Crippen LogP contribution in [0.4, 0.5) is 0 Å². The van der Waals surface area contributed by atoms with Gasteiger partial charge in [-0.15, -0.1) is 10.2 Å². The number of hydrogen-bond donors (Lipinski definition) is 0. The lowest BCUT2D eigenvalue weighted by molar-refractivity contribution is 0.413. The van der Waals surface area contributed by atoms with Gasteiger partial charge >= 0.3 is 0 Å². The third kappa shape index (κ3) is 2.24. The van der Waals surface area contributed by atoms with Crippen molar-refractivity contribution in [3.63, 3.8) is 0 Å². The van der Waals surface area contributed by atoms with Crippen LogP contribution in [0.5, 0.6) is 5.75 Å². The second-order valence-electron chi connectivity index (χ2n) is 3.83. The molecule has 0 aliphatic heterocycles. The van der Waals surface area contributed by atoms with E-state index >= 15 is 0 Å². The van der Waals surface area contributed by atoms with Gasteiger partial charge in [-0.05, 0) is 43.2 Å². The maximum absolute atomic E-state index is 5.72. The van der Waals surface area contributed by atoms with Gasteiger partial charge in [0.05, 0.1) is 12.8 Å². The second-order valence-corrected chi connectivity index (χ2v) is 4.22. The van der Waals surface area contributed by atoms with Gasteiger partial charge < -0.3 is 4.74 Å². The molecule has 0 bridgehead atoms. The molecule has 2 aromatic rings. The van der Waals surface area contributed by atoms with Crippen molar-refractivity contribution >= 4 is 11.6 Å². The highest BCUT2D eigenvalue weighted by molar-refractivity contribution is 6.29. The van der Waals surface area contributed by atoms with Crippen LogP contribution in [0.25, 0.3) is 11.3 Å². The average Bonchev–Trinajstić information content (AvgIpc) is 2.34. The molecule has 0 unspecified atom stereocenters. The van der Waals surface area contributed by atoms with E-state index in [-0.39, 0.29) is 0 Å².